The Balaban J connectivity index is 1.94. The van der Waals surface area contributed by atoms with Gasteiger partial charge in [-0.15, -0.1) is 11.3 Å². The van der Waals surface area contributed by atoms with Gasteiger partial charge in [0.1, 0.15) is 0 Å². The number of carboxylic acids is 1. The van der Waals surface area contributed by atoms with E-state index in [4.69, 9.17) is 5.11 Å². The molecular weight excluding hydrogens is 214 g/mol. The number of carboxylic acid groups (broad SMARTS) is 1. The van der Waals surface area contributed by atoms with Crippen LogP contribution in [0.2, 0.25) is 0 Å². The van der Waals surface area contributed by atoms with Crippen LogP contribution < -0.4 is 0 Å². The summed E-state index contributed by atoms with van der Waals surface area (Å²) < 4.78 is 0. The summed E-state index contributed by atoms with van der Waals surface area (Å²) in [7, 11) is 0. The molecule has 1 aromatic heterocycles. The van der Waals surface area contributed by atoms with E-state index >= 15 is 0 Å². The molecule has 0 aliphatic heterocycles. The van der Waals surface area contributed by atoms with E-state index in [0.717, 1.165) is 10.7 Å². The highest BCUT2D eigenvalue weighted by molar-refractivity contribution is 7.09. The topological polar surface area (TPSA) is 70.4 Å². The third kappa shape index (κ3) is 2.18. The first-order valence-electron chi connectivity index (χ1n) is 4.85. The van der Waals surface area contributed by atoms with Crippen molar-refractivity contribution >= 4 is 17.3 Å². The van der Waals surface area contributed by atoms with Crippen LogP contribution in [-0.2, 0) is 11.2 Å². The van der Waals surface area contributed by atoms with Crippen molar-refractivity contribution < 1.29 is 15.0 Å². The Morgan fingerprint density at radius 1 is 1.73 bits per heavy atom. The highest BCUT2D eigenvalue weighted by Crippen LogP contribution is 2.40. The van der Waals surface area contributed by atoms with E-state index < -0.39 is 11.6 Å². The summed E-state index contributed by atoms with van der Waals surface area (Å²) in [4.78, 5) is 14.9. The van der Waals surface area contributed by atoms with E-state index in [1.54, 1.807) is 11.3 Å². The highest BCUT2D eigenvalue weighted by atomic mass is 32.1. The van der Waals surface area contributed by atoms with E-state index in [0.29, 0.717) is 19.3 Å². The summed E-state index contributed by atoms with van der Waals surface area (Å²) >= 11 is 1.55. The molecule has 0 spiro atoms. The maximum absolute atomic E-state index is 10.6. The zero-order valence-corrected chi connectivity index (χ0v) is 9.25. The van der Waals surface area contributed by atoms with E-state index in [2.05, 4.69) is 4.98 Å². The van der Waals surface area contributed by atoms with Gasteiger partial charge in [0.2, 0.25) is 0 Å². The Hall–Kier alpha value is -0.940. The molecule has 2 rings (SSSR count). The zero-order chi connectivity index (χ0) is 11.1. The first kappa shape index (κ1) is 10.6. The van der Waals surface area contributed by atoms with Crippen LogP contribution in [-0.4, -0.2) is 26.8 Å². The van der Waals surface area contributed by atoms with E-state index in [1.165, 1.54) is 0 Å². The fraction of sp³-hybridized carbons (Fsp3) is 0.600. The van der Waals surface area contributed by atoms with E-state index in [9.17, 15) is 9.90 Å². The number of aliphatic carboxylic acids is 1. The van der Waals surface area contributed by atoms with E-state index in [1.807, 2.05) is 12.3 Å². The monoisotopic (exact) mass is 227 g/mol. The molecule has 1 fully saturated rings. The van der Waals surface area contributed by atoms with Crippen molar-refractivity contribution in [2.75, 3.05) is 0 Å². The van der Waals surface area contributed by atoms with Gasteiger partial charge >= 0.3 is 5.97 Å². The molecule has 82 valence electrons. The Bertz CT molecular complexity index is 382. The Kier molecular flexibility index (Phi) is 2.52. The SMILES string of the molecule is Cc1nc(CC2(O)CC(C(=O)O)C2)cs1. The number of thiazole rings is 1. The number of carbonyl (C=O) groups is 1. The molecule has 0 atom stereocenters. The molecule has 0 amide bonds. The fourth-order valence-electron chi connectivity index (χ4n) is 2.00. The minimum Gasteiger partial charge on any atom is -0.481 e. The quantitative estimate of drug-likeness (QED) is 0.814. The molecule has 15 heavy (non-hydrogen) atoms. The van der Waals surface area contributed by atoms with Crippen LogP contribution in [0.3, 0.4) is 0 Å². The average molecular weight is 227 g/mol. The predicted molar refractivity (Wildman–Crippen MR) is 55.9 cm³/mol. The Morgan fingerprint density at radius 2 is 2.40 bits per heavy atom. The van der Waals surface area contributed by atoms with Crippen LogP contribution >= 0.6 is 11.3 Å². The average Bonchev–Trinajstić information content (AvgIpc) is 2.46. The summed E-state index contributed by atoms with van der Waals surface area (Å²) in [5.74, 6) is -1.19. The maximum Gasteiger partial charge on any atom is 0.306 e. The molecule has 2 N–H and O–H groups in total. The van der Waals surface area contributed by atoms with Gasteiger partial charge in [0.25, 0.3) is 0 Å². The van der Waals surface area contributed by atoms with Crippen molar-refractivity contribution in [2.45, 2.75) is 31.8 Å². The van der Waals surface area contributed by atoms with Crippen molar-refractivity contribution in [3.63, 3.8) is 0 Å². The normalized spacial score (nSPS) is 29.9. The molecule has 0 bridgehead atoms. The van der Waals surface area contributed by atoms with Crippen LogP contribution in [0.25, 0.3) is 0 Å². The second-order valence-corrected chi connectivity index (χ2v) is 5.26. The first-order chi connectivity index (χ1) is 6.98. The zero-order valence-electron chi connectivity index (χ0n) is 8.43. The van der Waals surface area contributed by atoms with Crippen LogP contribution in [0.15, 0.2) is 5.38 Å². The second-order valence-electron chi connectivity index (χ2n) is 4.20. The van der Waals surface area contributed by atoms with Crippen LogP contribution in [0.5, 0.6) is 0 Å². The van der Waals surface area contributed by atoms with Gasteiger partial charge in [0.05, 0.1) is 22.2 Å². The van der Waals surface area contributed by atoms with Crippen molar-refractivity contribution in [1.82, 2.24) is 4.98 Å². The van der Waals surface area contributed by atoms with Crippen LogP contribution in [0.4, 0.5) is 0 Å². The molecule has 1 aliphatic carbocycles. The van der Waals surface area contributed by atoms with Gasteiger partial charge in [-0.05, 0) is 19.8 Å². The largest absolute Gasteiger partial charge is 0.481 e. The smallest absolute Gasteiger partial charge is 0.306 e. The molecular formula is C10H13NO3S. The molecule has 0 radical (unpaired) electrons. The van der Waals surface area contributed by atoms with Gasteiger partial charge in [-0.2, -0.15) is 0 Å². The Labute approximate surface area is 91.6 Å². The summed E-state index contributed by atoms with van der Waals surface area (Å²) in [6, 6.07) is 0. The molecule has 1 heterocycles. The maximum atomic E-state index is 10.6. The number of aliphatic hydroxyl groups is 1. The summed E-state index contributed by atoms with van der Waals surface area (Å²) in [5.41, 5.74) is 0.0210. The fourth-order valence-corrected chi connectivity index (χ4v) is 2.62. The lowest BCUT2D eigenvalue weighted by Crippen LogP contribution is -2.48. The standard InChI is InChI=1S/C10H13NO3S/c1-6-11-8(5-15-6)4-10(14)2-7(3-10)9(12)13/h5,7,14H,2-4H2,1H3,(H,12,13). The van der Waals surface area contributed by atoms with Crippen molar-refractivity contribution in [3.8, 4) is 0 Å². The number of rotatable bonds is 3. The minimum absolute atomic E-state index is 0.346. The van der Waals surface area contributed by atoms with Crippen molar-refractivity contribution in [1.29, 1.82) is 0 Å². The molecule has 1 saturated carbocycles. The van der Waals surface area contributed by atoms with Crippen LogP contribution in [0.1, 0.15) is 23.5 Å². The molecule has 5 heteroatoms. The number of hydrogen-bond donors (Lipinski definition) is 2. The molecule has 4 nitrogen and oxygen atoms in total. The van der Waals surface area contributed by atoms with Gasteiger partial charge in [0, 0.05) is 11.8 Å². The number of hydrogen-bond acceptors (Lipinski definition) is 4. The van der Waals surface area contributed by atoms with Crippen molar-refractivity contribution in [2.24, 2.45) is 5.92 Å². The number of aromatic nitrogens is 1. The molecule has 0 aromatic carbocycles. The number of nitrogens with zero attached hydrogens (tertiary/aromatic N) is 1. The Morgan fingerprint density at radius 3 is 2.87 bits per heavy atom. The lowest BCUT2D eigenvalue weighted by molar-refractivity contribution is -0.158. The number of aryl methyl sites for hydroxylation is 1. The third-order valence-corrected chi connectivity index (χ3v) is 3.60. The van der Waals surface area contributed by atoms with Gasteiger partial charge in [-0.25, -0.2) is 4.98 Å². The lowest BCUT2D eigenvalue weighted by Gasteiger charge is -2.41. The lowest BCUT2D eigenvalue weighted by atomic mass is 9.69. The van der Waals surface area contributed by atoms with Gasteiger partial charge in [-0.1, -0.05) is 0 Å². The summed E-state index contributed by atoms with van der Waals surface area (Å²) in [6.07, 6.45) is 1.17. The van der Waals surface area contributed by atoms with Gasteiger partial charge in [0.15, 0.2) is 0 Å². The van der Waals surface area contributed by atoms with Crippen LogP contribution in [0, 0.1) is 12.8 Å². The van der Waals surface area contributed by atoms with Crippen molar-refractivity contribution in [3.05, 3.63) is 16.1 Å². The molecule has 1 aliphatic rings. The van der Waals surface area contributed by atoms with Gasteiger partial charge in [-0.3, -0.25) is 4.79 Å². The van der Waals surface area contributed by atoms with E-state index in [-0.39, 0.29) is 5.92 Å². The second kappa shape index (κ2) is 3.57. The minimum atomic E-state index is -0.844. The molecule has 0 saturated heterocycles. The highest BCUT2D eigenvalue weighted by Gasteiger charge is 2.46. The molecule has 0 unspecified atom stereocenters. The third-order valence-electron chi connectivity index (χ3n) is 2.78. The summed E-state index contributed by atoms with van der Waals surface area (Å²) in [6.45, 7) is 1.92. The molecule has 1 aromatic rings. The van der Waals surface area contributed by atoms with Gasteiger partial charge < -0.3 is 10.2 Å². The first-order valence-corrected chi connectivity index (χ1v) is 5.73. The summed E-state index contributed by atoms with van der Waals surface area (Å²) in [5, 5.41) is 21.6. The predicted octanol–water partition coefficient (Wildman–Crippen LogP) is 1.22.